The van der Waals surface area contributed by atoms with E-state index in [1.165, 1.54) is 30.5 Å². The molecule has 0 aliphatic rings. The van der Waals surface area contributed by atoms with Gasteiger partial charge in [-0.1, -0.05) is 6.07 Å². The fourth-order valence-corrected chi connectivity index (χ4v) is 5.37. The van der Waals surface area contributed by atoms with Crippen LogP contribution >= 0.6 is 27.3 Å². The third kappa shape index (κ3) is 3.50. The highest BCUT2D eigenvalue weighted by atomic mass is 79.9. The molecule has 114 valence electrons. The zero-order valence-corrected chi connectivity index (χ0v) is 14.4. The van der Waals surface area contributed by atoms with Gasteiger partial charge in [-0.25, -0.2) is 17.2 Å². The molecule has 0 aliphatic heterocycles. The highest BCUT2D eigenvalue weighted by molar-refractivity contribution is 9.11. The minimum atomic E-state index is -3.67. The van der Waals surface area contributed by atoms with Gasteiger partial charge in [0.05, 0.1) is 8.68 Å². The molecule has 1 aromatic heterocycles. The van der Waals surface area contributed by atoms with Crippen LogP contribution in [0.25, 0.3) is 0 Å². The van der Waals surface area contributed by atoms with Crippen molar-refractivity contribution in [2.75, 3.05) is 7.05 Å². The van der Waals surface area contributed by atoms with Crippen molar-refractivity contribution >= 4 is 37.3 Å². The van der Waals surface area contributed by atoms with Gasteiger partial charge in [-0.2, -0.15) is 4.31 Å². The van der Waals surface area contributed by atoms with Gasteiger partial charge in [-0.15, -0.1) is 11.3 Å². The second kappa shape index (κ2) is 6.12. The molecule has 8 heteroatoms. The van der Waals surface area contributed by atoms with Crippen molar-refractivity contribution < 1.29 is 17.2 Å². The van der Waals surface area contributed by atoms with Crippen LogP contribution in [0.5, 0.6) is 0 Å². The third-order valence-electron chi connectivity index (χ3n) is 2.92. The Kier molecular flexibility index (Phi) is 4.82. The summed E-state index contributed by atoms with van der Waals surface area (Å²) < 4.78 is 52.8. The summed E-state index contributed by atoms with van der Waals surface area (Å²) in [7, 11) is -2.27. The lowest BCUT2D eigenvalue weighted by Gasteiger charge is -2.17. The fourth-order valence-electron chi connectivity index (χ4n) is 1.83. The Balaban J connectivity index is 2.28. The lowest BCUT2D eigenvalue weighted by molar-refractivity contribution is 0.461. The Bertz CT molecular complexity index is 774. The maximum absolute atomic E-state index is 13.2. The average molecular weight is 396 g/mol. The van der Waals surface area contributed by atoms with Gasteiger partial charge < -0.3 is 0 Å². The van der Waals surface area contributed by atoms with Gasteiger partial charge in [0.15, 0.2) is 11.6 Å². The van der Waals surface area contributed by atoms with E-state index in [4.69, 9.17) is 0 Å². The second-order valence-electron chi connectivity index (χ2n) is 4.48. The molecule has 0 saturated heterocycles. The molecule has 0 bridgehead atoms. The number of halogens is 3. The highest BCUT2D eigenvalue weighted by Gasteiger charge is 2.25. The van der Waals surface area contributed by atoms with E-state index in [9.17, 15) is 17.2 Å². The summed E-state index contributed by atoms with van der Waals surface area (Å²) in [6.45, 7) is 1.68. The van der Waals surface area contributed by atoms with Gasteiger partial charge in [-0.3, -0.25) is 0 Å². The molecule has 0 saturated carbocycles. The minimum Gasteiger partial charge on any atom is -0.207 e. The Morgan fingerprint density at radius 1 is 1.24 bits per heavy atom. The molecule has 21 heavy (non-hydrogen) atoms. The van der Waals surface area contributed by atoms with Crippen molar-refractivity contribution in [1.29, 1.82) is 0 Å². The standard InChI is InChI=1S/C13H12BrF2NO2S2/c1-8-12(6-13(14)20-8)21(18,19)17(2)7-9-3-4-10(15)11(16)5-9/h3-6H,7H2,1-2H3. The average Bonchev–Trinajstić information content (AvgIpc) is 2.73. The van der Waals surface area contributed by atoms with Crippen molar-refractivity contribution in [3.63, 3.8) is 0 Å². The van der Waals surface area contributed by atoms with E-state index in [2.05, 4.69) is 15.9 Å². The molecule has 3 nitrogen and oxygen atoms in total. The molecule has 0 amide bonds. The monoisotopic (exact) mass is 395 g/mol. The highest BCUT2D eigenvalue weighted by Crippen LogP contribution is 2.31. The van der Waals surface area contributed by atoms with Crippen molar-refractivity contribution in [3.05, 3.63) is 50.1 Å². The predicted octanol–water partition coefficient (Wildman–Crippen LogP) is 3.92. The molecule has 1 heterocycles. The number of thiophene rings is 1. The number of benzene rings is 1. The summed E-state index contributed by atoms with van der Waals surface area (Å²) in [5.74, 6) is -1.95. The van der Waals surface area contributed by atoms with Crippen LogP contribution in [0.3, 0.4) is 0 Å². The van der Waals surface area contributed by atoms with Gasteiger partial charge in [0.25, 0.3) is 0 Å². The summed E-state index contributed by atoms with van der Waals surface area (Å²) in [6.07, 6.45) is 0. The maximum atomic E-state index is 13.2. The molecule has 1 aromatic carbocycles. The van der Waals surface area contributed by atoms with E-state index in [1.54, 1.807) is 6.92 Å². The van der Waals surface area contributed by atoms with Gasteiger partial charge in [0.1, 0.15) is 0 Å². The molecule has 0 unspecified atom stereocenters. The zero-order chi connectivity index (χ0) is 15.8. The first-order chi connectivity index (χ1) is 9.71. The third-order valence-corrected chi connectivity index (χ3v) is 6.53. The summed E-state index contributed by atoms with van der Waals surface area (Å²) >= 11 is 4.58. The summed E-state index contributed by atoms with van der Waals surface area (Å²) in [5, 5.41) is 0. The van der Waals surface area contributed by atoms with Crippen LogP contribution in [0.15, 0.2) is 32.9 Å². The maximum Gasteiger partial charge on any atom is 0.244 e. The number of sulfonamides is 1. The first-order valence-corrected chi connectivity index (χ1v) is 8.93. The predicted molar refractivity (Wildman–Crippen MR) is 81.8 cm³/mol. The van der Waals surface area contributed by atoms with E-state index in [0.717, 1.165) is 20.2 Å². The van der Waals surface area contributed by atoms with E-state index in [-0.39, 0.29) is 11.4 Å². The summed E-state index contributed by atoms with van der Waals surface area (Å²) in [6, 6.07) is 4.88. The lowest BCUT2D eigenvalue weighted by Crippen LogP contribution is -2.26. The quantitative estimate of drug-likeness (QED) is 0.786. The Hall–Kier alpha value is -0.830. The smallest absolute Gasteiger partial charge is 0.207 e. The molecule has 0 radical (unpaired) electrons. The minimum absolute atomic E-state index is 0.0353. The van der Waals surface area contributed by atoms with Crippen LogP contribution in [0.2, 0.25) is 0 Å². The van der Waals surface area contributed by atoms with E-state index >= 15 is 0 Å². The molecule has 2 aromatic rings. The Morgan fingerprint density at radius 3 is 2.43 bits per heavy atom. The van der Waals surface area contributed by atoms with Gasteiger partial charge in [0.2, 0.25) is 10.0 Å². The van der Waals surface area contributed by atoms with Crippen LogP contribution in [-0.4, -0.2) is 19.8 Å². The Morgan fingerprint density at radius 2 is 1.90 bits per heavy atom. The summed E-state index contributed by atoms with van der Waals surface area (Å²) in [4.78, 5) is 0.878. The Labute approximate surface area is 134 Å². The number of aryl methyl sites for hydroxylation is 1. The van der Waals surface area contributed by atoms with Crippen LogP contribution in [0.4, 0.5) is 8.78 Å². The summed E-state index contributed by atoms with van der Waals surface area (Å²) in [5.41, 5.74) is 0.381. The zero-order valence-electron chi connectivity index (χ0n) is 11.2. The topological polar surface area (TPSA) is 37.4 Å². The largest absolute Gasteiger partial charge is 0.244 e. The molecule has 2 rings (SSSR count). The molecule has 0 N–H and O–H groups in total. The molecular formula is C13H12BrF2NO2S2. The lowest BCUT2D eigenvalue weighted by atomic mass is 10.2. The SMILES string of the molecule is Cc1sc(Br)cc1S(=O)(=O)N(C)Cc1ccc(F)c(F)c1. The van der Waals surface area contributed by atoms with Crippen LogP contribution < -0.4 is 0 Å². The number of hydrogen-bond donors (Lipinski definition) is 0. The van der Waals surface area contributed by atoms with E-state index in [1.807, 2.05) is 0 Å². The van der Waals surface area contributed by atoms with E-state index < -0.39 is 21.7 Å². The van der Waals surface area contributed by atoms with Crippen LogP contribution in [-0.2, 0) is 16.6 Å². The molecule has 0 aliphatic carbocycles. The van der Waals surface area contributed by atoms with Crippen molar-refractivity contribution in [3.8, 4) is 0 Å². The second-order valence-corrected chi connectivity index (χ2v) is 9.13. The first kappa shape index (κ1) is 16.5. The first-order valence-electron chi connectivity index (χ1n) is 5.88. The molecule has 0 spiro atoms. The molecular weight excluding hydrogens is 384 g/mol. The number of nitrogens with zero attached hydrogens (tertiary/aromatic N) is 1. The van der Waals surface area contributed by atoms with Crippen molar-refractivity contribution in [2.24, 2.45) is 0 Å². The van der Waals surface area contributed by atoms with Gasteiger partial charge >= 0.3 is 0 Å². The van der Waals surface area contributed by atoms with Gasteiger partial charge in [-0.05, 0) is 46.6 Å². The van der Waals surface area contributed by atoms with Crippen molar-refractivity contribution in [1.82, 2.24) is 4.31 Å². The number of rotatable bonds is 4. The normalized spacial score (nSPS) is 12.1. The van der Waals surface area contributed by atoms with Crippen molar-refractivity contribution in [2.45, 2.75) is 18.4 Å². The molecule has 0 fully saturated rings. The number of hydrogen-bond acceptors (Lipinski definition) is 3. The van der Waals surface area contributed by atoms with Crippen LogP contribution in [0.1, 0.15) is 10.4 Å². The van der Waals surface area contributed by atoms with E-state index in [0.29, 0.717) is 10.4 Å². The van der Waals surface area contributed by atoms with Gasteiger partial charge in [0, 0.05) is 18.5 Å². The van der Waals surface area contributed by atoms with Crippen LogP contribution in [0, 0.1) is 18.6 Å². The fraction of sp³-hybridized carbons (Fsp3) is 0.231. The molecule has 0 atom stereocenters.